The number of amides is 2. The van der Waals surface area contributed by atoms with Gasteiger partial charge in [0.25, 0.3) is 0 Å². The predicted molar refractivity (Wildman–Crippen MR) is 87.5 cm³/mol. The number of anilines is 1. The predicted octanol–water partition coefficient (Wildman–Crippen LogP) is 4.22. The number of carbonyl (C=O) groups is 1. The maximum Gasteiger partial charge on any atom is 0.319 e. The maximum atomic E-state index is 11.9. The minimum absolute atomic E-state index is 0.178. The van der Waals surface area contributed by atoms with Gasteiger partial charge in [-0.05, 0) is 38.0 Å². The van der Waals surface area contributed by atoms with Crippen LogP contribution < -0.4 is 10.6 Å². The SMILES string of the molecule is CCCCCCC(C)NC(=O)Nc1ccc(C(C)O)cc1. The van der Waals surface area contributed by atoms with E-state index in [2.05, 4.69) is 17.6 Å². The summed E-state index contributed by atoms with van der Waals surface area (Å²) >= 11 is 0. The molecule has 0 fully saturated rings. The fourth-order valence-electron chi connectivity index (χ4n) is 2.19. The second-order valence-electron chi connectivity index (χ2n) is 5.65. The first kappa shape index (κ1) is 17.5. The Morgan fingerprint density at radius 1 is 1.14 bits per heavy atom. The number of benzene rings is 1. The van der Waals surface area contributed by atoms with E-state index in [0.717, 1.165) is 24.1 Å². The van der Waals surface area contributed by atoms with E-state index in [-0.39, 0.29) is 12.1 Å². The second-order valence-corrected chi connectivity index (χ2v) is 5.65. The lowest BCUT2D eigenvalue weighted by Crippen LogP contribution is -2.36. The number of urea groups is 1. The van der Waals surface area contributed by atoms with Crippen LogP contribution in [0.1, 0.15) is 64.5 Å². The van der Waals surface area contributed by atoms with E-state index in [1.807, 2.05) is 19.1 Å². The zero-order chi connectivity index (χ0) is 15.7. The third-order valence-corrected chi connectivity index (χ3v) is 3.52. The largest absolute Gasteiger partial charge is 0.389 e. The molecule has 0 bridgehead atoms. The summed E-state index contributed by atoms with van der Waals surface area (Å²) in [5.74, 6) is 0. The van der Waals surface area contributed by atoms with Gasteiger partial charge in [0.15, 0.2) is 0 Å². The van der Waals surface area contributed by atoms with E-state index in [4.69, 9.17) is 0 Å². The van der Waals surface area contributed by atoms with Crippen molar-refractivity contribution in [3.8, 4) is 0 Å². The van der Waals surface area contributed by atoms with E-state index < -0.39 is 6.10 Å². The molecule has 1 aromatic carbocycles. The summed E-state index contributed by atoms with van der Waals surface area (Å²) < 4.78 is 0. The number of hydrogen-bond donors (Lipinski definition) is 3. The molecule has 2 amide bonds. The van der Waals surface area contributed by atoms with Crippen LogP contribution in [0.5, 0.6) is 0 Å². The summed E-state index contributed by atoms with van der Waals surface area (Å²) in [6.07, 6.45) is 5.38. The van der Waals surface area contributed by atoms with Gasteiger partial charge in [0, 0.05) is 11.7 Å². The quantitative estimate of drug-likeness (QED) is 0.628. The molecular formula is C17H28N2O2. The topological polar surface area (TPSA) is 61.4 Å². The Morgan fingerprint density at radius 3 is 2.38 bits per heavy atom. The van der Waals surface area contributed by atoms with Gasteiger partial charge in [0.05, 0.1) is 6.10 Å². The average molecular weight is 292 g/mol. The van der Waals surface area contributed by atoms with Gasteiger partial charge in [0.2, 0.25) is 0 Å². The Kier molecular flexibility index (Phi) is 7.83. The number of unbranched alkanes of at least 4 members (excludes halogenated alkanes) is 3. The number of carbonyl (C=O) groups excluding carboxylic acids is 1. The molecule has 0 aliphatic rings. The minimum Gasteiger partial charge on any atom is -0.389 e. The van der Waals surface area contributed by atoms with Crippen molar-refractivity contribution in [3.63, 3.8) is 0 Å². The summed E-state index contributed by atoms with van der Waals surface area (Å²) in [6, 6.07) is 7.23. The first-order chi connectivity index (χ1) is 10.0. The van der Waals surface area contributed by atoms with Crippen LogP contribution >= 0.6 is 0 Å². The smallest absolute Gasteiger partial charge is 0.319 e. The van der Waals surface area contributed by atoms with Crippen LogP contribution in [-0.2, 0) is 0 Å². The lowest BCUT2D eigenvalue weighted by atomic mass is 10.1. The minimum atomic E-state index is -0.490. The number of aliphatic hydroxyl groups excluding tert-OH is 1. The fourth-order valence-corrected chi connectivity index (χ4v) is 2.19. The van der Waals surface area contributed by atoms with Crippen LogP contribution in [0, 0.1) is 0 Å². The van der Waals surface area contributed by atoms with Gasteiger partial charge >= 0.3 is 6.03 Å². The van der Waals surface area contributed by atoms with Crippen LogP contribution in [-0.4, -0.2) is 17.2 Å². The summed E-state index contributed by atoms with van der Waals surface area (Å²) in [5, 5.41) is 15.2. The zero-order valence-electron chi connectivity index (χ0n) is 13.4. The molecule has 0 saturated heterocycles. The lowest BCUT2D eigenvalue weighted by Gasteiger charge is -2.15. The molecule has 0 radical (unpaired) electrons. The highest BCUT2D eigenvalue weighted by Crippen LogP contribution is 2.15. The fraction of sp³-hybridized carbons (Fsp3) is 0.588. The number of nitrogens with one attached hydrogen (secondary N) is 2. The molecule has 0 aliphatic carbocycles. The van der Waals surface area contributed by atoms with Crippen LogP contribution in [0.15, 0.2) is 24.3 Å². The van der Waals surface area contributed by atoms with Gasteiger partial charge in [-0.15, -0.1) is 0 Å². The van der Waals surface area contributed by atoms with Crippen LogP contribution in [0.25, 0.3) is 0 Å². The number of rotatable bonds is 8. The molecule has 1 rings (SSSR count). The molecule has 2 atom stereocenters. The van der Waals surface area contributed by atoms with Crippen molar-refractivity contribution in [1.29, 1.82) is 0 Å². The summed E-state index contributed by atoms with van der Waals surface area (Å²) in [7, 11) is 0. The molecule has 0 aliphatic heterocycles. The van der Waals surface area contributed by atoms with Crippen molar-refractivity contribution in [3.05, 3.63) is 29.8 Å². The van der Waals surface area contributed by atoms with Crippen molar-refractivity contribution in [2.75, 3.05) is 5.32 Å². The molecule has 21 heavy (non-hydrogen) atoms. The van der Waals surface area contributed by atoms with Gasteiger partial charge in [-0.25, -0.2) is 4.79 Å². The lowest BCUT2D eigenvalue weighted by molar-refractivity contribution is 0.199. The van der Waals surface area contributed by atoms with Crippen molar-refractivity contribution in [1.82, 2.24) is 5.32 Å². The summed E-state index contributed by atoms with van der Waals surface area (Å²) in [6.45, 7) is 5.94. The number of aliphatic hydroxyl groups is 1. The van der Waals surface area contributed by atoms with Crippen molar-refractivity contribution in [2.24, 2.45) is 0 Å². The molecule has 4 heteroatoms. The molecule has 0 spiro atoms. The standard InChI is InChI=1S/C17H28N2O2/c1-4-5-6-7-8-13(2)18-17(21)19-16-11-9-15(10-12-16)14(3)20/h9-14,20H,4-8H2,1-3H3,(H2,18,19,21). The average Bonchev–Trinajstić information content (AvgIpc) is 2.44. The Balaban J connectivity index is 2.32. The molecular weight excluding hydrogens is 264 g/mol. The summed E-state index contributed by atoms with van der Waals surface area (Å²) in [4.78, 5) is 11.9. The highest BCUT2D eigenvalue weighted by molar-refractivity contribution is 5.89. The van der Waals surface area contributed by atoms with Crippen molar-refractivity contribution >= 4 is 11.7 Å². The first-order valence-electron chi connectivity index (χ1n) is 7.88. The van der Waals surface area contributed by atoms with Gasteiger partial charge in [-0.3, -0.25) is 0 Å². The van der Waals surface area contributed by atoms with Crippen LogP contribution in [0.2, 0.25) is 0 Å². The molecule has 4 nitrogen and oxygen atoms in total. The Hall–Kier alpha value is -1.55. The molecule has 0 saturated carbocycles. The first-order valence-corrected chi connectivity index (χ1v) is 7.88. The Morgan fingerprint density at radius 2 is 1.81 bits per heavy atom. The molecule has 3 N–H and O–H groups in total. The monoisotopic (exact) mass is 292 g/mol. The Labute approximate surface area is 128 Å². The van der Waals surface area contributed by atoms with E-state index in [1.165, 1.54) is 19.3 Å². The van der Waals surface area contributed by atoms with E-state index in [9.17, 15) is 9.90 Å². The van der Waals surface area contributed by atoms with E-state index in [0.29, 0.717) is 0 Å². The summed E-state index contributed by atoms with van der Waals surface area (Å²) in [5.41, 5.74) is 1.57. The van der Waals surface area contributed by atoms with Gasteiger partial charge in [-0.1, -0.05) is 44.7 Å². The molecule has 0 aromatic heterocycles. The third-order valence-electron chi connectivity index (χ3n) is 3.52. The van der Waals surface area contributed by atoms with Gasteiger partial charge in [-0.2, -0.15) is 0 Å². The molecule has 1 aromatic rings. The second kappa shape index (κ2) is 9.40. The van der Waals surface area contributed by atoms with Crippen molar-refractivity contribution < 1.29 is 9.90 Å². The number of hydrogen-bond acceptors (Lipinski definition) is 2. The maximum absolute atomic E-state index is 11.9. The highest BCUT2D eigenvalue weighted by Gasteiger charge is 2.07. The van der Waals surface area contributed by atoms with Crippen LogP contribution in [0.4, 0.5) is 10.5 Å². The van der Waals surface area contributed by atoms with Crippen LogP contribution in [0.3, 0.4) is 0 Å². The van der Waals surface area contributed by atoms with E-state index >= 15 is 0 Å². The van der Waals surface area contributed by atoms with Gasteiger partial charge < -0.3 is 15.7 Å². The van der Waals surface area contributed by atoms with E-state index in [1.54, 1.807) is 19.1 Å². The zero-order valence-corrected chi connectivity index (χ0v) is 13.4. The third kappa shape index (κ3) is 7.14. The van der Waals surface area contributed by atoms with Gasteiger partial charge in [0.1, 0.15) is 0 Å². The molecule has 0 heterocycles. The van der Waals surface area contributed by atoms with Crippen molar-refractivity contribution in [2.45, 2.75) is 65.0 Å². The highest BCUT2D eigenvalue weighted by atomic mass is 16.3. The Bertz CT molecular complexity index is 415. The normalized spacial score (nSPS) is 13.5. The molecule has 2 unspecified atom stereocenters. The molecule has 118 valence electrons.